The molecule has 4 rings (SSSR count). The van der Waals surface area contributed by atoms with Crippen molar-refractivity contribution in [2.75, 3.05) is 0 Å². The van der Waals surface area contributed by atoms with Crippen molar-refractivity contribution in [2.24, 2.45) is 5.92 Å². The van der Waals surface area contributed by atoms with Crippen LogP contribution in [0.4, 0.5) is 0 Å². The molecule has 1 aliphatic heterocycles. The second-order valence-corrected chi connectivity index (χ2v) is 7.55. The third-order valence-corrected chi connectivity index (χ3v) is 5.71. The van der Waals surface area contributed by atoms with E-state index in [-0.39, 0.29) is 18.0 Å². The van der Waals surface area contributed by atoms with Crippen molar-refractivity contribution in [3.8, 4) is 11.8 Å². The number of hydrogen-bond donors (Lipinski definition) is 2. The molecule has 1 heterocycles. The molecular formula is C26H25NO. The number of piperidine rings is 1. The molecule has 4 atom stereocenters. The lowest BCUT2D eigenvalue weighted by Gasteiger charge is -2.45. The first-order chi connectivity index (χ1) is 13.7. The van der Waals surface area contributed by atoms with Gasteiger partial charge in [0.15, 0.2) is 0 Å². The fourth-order valence-electron chi connectivity index (χ4n) is 4.00. The van der Waals surface area contributed by atoms with Crippen molar-refractivity contribution in [2.45, 2.75) is 31.0 Å². The Bertz CT molecular complexity index is 959. The second kappa shape index (κ2) is 8.02. The summed E-state index contributed by atoms with van der Waals surface area (Å²) in [5, 5.41) is 15.4. The van der Waals surface area contributed by atoms with E-state index in [1.165, 1.54) is 11.1 Å². The Morgan fingerprint density at radius 2 is 1.36 bits per heavy atom. The quantitative estimate of drug-likeness (QED) is 0.633. The zero-order chi connectivity index (χ0) is 19.4. The summed E-state index contributed by atoms with van der Waals surface area (Å²) >= 11 is 0. The molecule has 140 valence electrons. The Hall–Kier alpha value is -2.86. The largest absolute Gasteiger partial charge is 0.377 e. The van der Waals surface area contributed by atoms with E-state index >= 15 is 0 Å². The summed E-state index contributed by atoms with van der Waals surface area (Å²) in [5.41, 5.74) is 2.20. The van der Waals surface area contributed by atoms with Gasteiger partial charge in [-0.25, -0.2) is 0 Å². The normalized spacial score (nSPS) is 26.9. The summed E-state index contributed by atoms with van der Waals surface area (Å²) in [6.45, 7) is 2.09. The second-order valence-electron chi connectivity index (χ2n) is 7.55. The minimum absolute atomic E-state index is 0.0234. The van der Waals surface area contributed by atoms with Crippen molar-refractivity contribution in [1.29, 1.82) is 0 Å². The minimum Gasteiger partial charge on any atom is -0.377 e. The predicted octanol–water partition coefficient (Wildman–Crippen LogP) is 4.88. The highest BCUT2D eigenvalue weighted by Crippen LogP contribution is 2.42. The van der Waals surface area contributed by atoms with Crippen LogP contribution in [0.15, 0.2) is 91.0 Å². The smallest absolute Gasteiger partial charge is 0.132 e. The molecular weight excluding hydrogens is 342 g/mol. The molecule has 0 aliphatic carbocycles. The Morgan fingerprint density at radius 3 is 1.96 bits per heavy atom. The first-order valence-electron chi connectivity index (χ1n) is 9.82. The summed E-state index contributed by atoms with van der Waals surface area (Å²) in [7, 11) is 0. The molecule has 4 unspecified atom stereocenters. The summed E-state index contributed by atoms with van der Waals surface area (Å²) < 4.78 is 0. The van der Waals surface area contributed by atoms with Gasteiger partial charge in [-0.1, -0.05) is 97.6 Å². The maximum Gasteiger partial charge on any atom is 0.132 e. The highest BCUT2D eigenvalue weighted by molar-refractivity contribution is 5.38. The number of nitrogens with one attached hydrogen (secondary N) is 1. The van der Waals surface area contributed by atoms with E-state index in [1.54, 1.807) is 0 Å². The average molecular weight is 367 g/mol. The van der Waals surface area contributed by atoms with Crippen molar-refractivity contribution in [3.63, 3.8) is 0 Å². The molecule has 0 saturated carbocycles. The molecule has 3 aromatic rings. The zero-order valence-corrected chi connectivity index (χ0v) is 16.0. The van der Waals surface area contributed by atoms with Crippen LogP contribution in [0.25, 0.3) is 0 Å². The van der Waals surface area contributed by atoms with E-state index < -0.39 is 5.60 Å². The van der Waals surface area contributed by atoms with Gasteiger partial charge in [0, 0.05) is 30.0 Å². The van der Waals surface area contributed by atoms with Crippen LogP contribution in [0.3, 0.4) is 0 Å². The van der Waals surface area contributed by atoms with Gasteiger partial charge in [-0.15, -0.1) is 0 Å². The lowest BCUT2D eigenvalue weighted by Crippen LogP contribution is -2.51. The molecule has 28 heavy (non-hydrogen) atoms. The summed E-state index contributed by atoms with van der Waals surface area (Å²) in [5.74, 6) is 6.38. The highest BCUT2D eigenvalue weighted by atomic mass is 16.3. The van der Waals surface area contributed by atoms with Crippen LogP contribution in [0, 0.1) is 17.8 Å². The van der Waals surface area contributed by atoms with Crippen LogP contribution in [-0.4, -0.2) is 10.7 Å². The van der Waals surface area contributed by atoms with Crippen LogP contribution >= 0.6 is 0 Å². The first-order valence-corrected chi connectivity index (χ1v) is 9.82. The van der Waals surface area contributed by atoms with Crippen LogP contribution in [0.2, 0.25) is 0 Å². The zero-order valence-electron chi connectivity index (χ0n) is 16.0. The lowest BCUT2D eigenvalue weighted by molar-refractivity contribution is -0.0196. The third kappa shape index (κ3) is 3.87. The molecule has 0 aromatic heterocycles. The molecule has 0 radical (unpaired) electrons. The van der Waals surface area contributed by atoms with Gasteiger partial charge in [0.25, 0.3) is 0 Å². The Labute approximate surface area is 167 Å². The molecule has 0 amide bonds. The molecule has 2 heteroatoms. The van der Waals surface area contributed by atoms with Gasteiger partial charge in [-0.05, 0) is 23.3 Å². The lowest BCUT2D eigenvalue weighted by atomic mass is 9.72. The fourth-order valence-corrected chi connectivity index (χ4v) is 4.00. The summed E-state index contributed by atoms with van der Waals surface area (Å²) in [4.78, 5) is 0. The van der Waals surface area contributed by atoms with Gasteiger partial charge in [0.1, 0.15) is 5.60 Å². The summed E-state index contributed by atoms with van der Waals surface area (Å²) in [6, 6.07) is 30.6. The van der Waals surface area contributed by atoms with E-state index in [4.69, 9.17) is 0 Å². The maximum absolute atomic E-state index is 11.7. The van der Waals surface area contributed by atoms with Crippen molar-refractivity contribution in [3.05, 3.63) is 108 Å². The number of aliphatic hydroxyl groups is 1. The van der Waals surface area contributed by atoms with E-state index in [2.05, 4.69) is 48.3 Å². The molecule has 1 aliphatic rings. The number of rotatable bonds is 2. The van der Waals surface area contributed by atoms with Gasteiger partial charge in [-0.2, -0.15) is 0 Å². The van der Waals surface area contributed by atoms with Gasteiger partial charge in [0.2, 0.25) is 0 Å². The van der Waals surface area contributed by atoms with Crippen LogP contribution in [0.5, 0.6) is 0 Å². The predicted molar refractivity (Wildman–Crippen MR) is 114 cm³/mol. The number of benzene rings is 3. The molecule has 1 saturated heterocycles. The SMILES string of the molecule is CC1C(c2ccccc2)NC(c2ccccc2)CC1(O)C#Cc1ccccc1. The summed E-state index contributed by atoms with van der Waals surface area (Å²) in [6.07, 6.45) is 0.557. The maximum atomic E-state index is 11.7. The van der Waals surface area contributed by atoms with E-state index in [1.807, 2.05) is 66.7 Å². The van der Waals surface area contributed by atoms with Gasteiger partial charge in [-0.3, -0.25) is 0 Å². The van der Waals surface area contributed by atoms with Gasteiger partial charge < -0.3 is 10.4 Å². The van der Waals surface area contributed by atoms with E-state index in [0.29, 0.717) is 6.42 Å². The van der Waals surface area contributed by atoms with Crippen molar-refractivity contribution >= 4 is 0 Å². The fraction of sp³-hybridized carbons (Fsp3) is 0.231. The van der Waals surface area contributed by atoms with Crippen LogP contribution in [0.1, 0.15) is 42.1 Å². The topological polar surface area (TPSA) is 32.3 Å². The molecule has 0 spiro atoms. The molecule has 2 nitrogen and oxygen atoms in total. The van der Waals surface area contributed by atoms with Crippen LogP contribution in [-0.2, 0) is 0 Å². The average Bonchev–Trinajstić information content (AvgIpc) is 2.76. The van der Waals surface area contributed by atoms with Crippen molar-refractivity contribution < 1.29 is 5.11 Å². The molecule has 2 N–H and O–H groups in total. The Morgan fingerprint density at radius 1 is 0.821 bits per heavy atom. The molecule has 0 bridgehead atoms. The highest BCUT2D eigenvalue weighted by Gasteiger charge is 2.45. The van der Waals surface area contributed by atoms with E-state index in [0.717, 1.165) is 5.56 Å². The Kier molecular flexibility index (Phi) is 5.30. The molecule has 3 aromatic carbocycles. The number of hydrogen-bond acceptors (Lipinski definition) is 2. The Balaban J connectivity index is 1.72. The van der Waals surface area contributed by atoms with Gasteiger partial charge in [0.05, 0.1) is 0 Å². The van der Waals surface area contributed by atoms with Crippen LogP contribution < -0.4 is 5.32 Å². The monoisotopic (exact) mass is 367 g/mol. The minimum atomic E-state index is -1.08. The van der Waals surface area contributed by atoms with Gasteiger partial charge >= 0.3 is 0 Å². The third-order valence-electron chi connectivity index (χ3n) is 5.71. The first kappa shape index (κ1) is 18.5. The molecule has 1 fully saturated rings. The standard InChI is InChI=1S/C26H25NO/c1-20-25(23-15-9-4-10-16-23)27-24(22-13-7-3-8-14-22)19-26(20,28)18-17-21-11-5-2-6-12-21/h2-16,20,24-25,27-28H,19H2,1H3. The van der Waals surface area contributed by atoms with E-state index in [9.17, 15) is 5.11 Å². The van der Waals surface area contributed by atoms with Crippen molar-refractivity contribution in [1.82, 2.24) is 5.32 Å².